The highest BCUT2D eigenvalue weighted by atomic mass is 16.2. The van der Waals surface area contributed by atoms with Crippen LogP contribution in [0.5, 0.6) is 0 Å². The molecule has 0 bridgehead atoms. The van der Waals surface area contributed by atoms with Gasteiger partial charge >= 0.3 is 0 Å². The van der Waals surface area contributed by atoms with Gasteiger partial charge in [-0.1, -0.05) is 32.6 Å². The van der Waals surface area contributed by atoms with E-state index in [0.717, 1.165) is 19.5 Å². The molecule has 1 aliphatic heterocycles. The highest BCUT2D eigenvalue weighted by Crippen LogP contribution is 2.11. The summed E-state index contributed by atoms with van der Waals surface area (Å²) in [7, 11) is 0. The molecule has 0 radical (unpaired) electrons. The second kappa shape index (κ2) is 6.83. The van der Waals surface area contributed by atoms with Crippen LogP contribution in [0.15, 0.2) is 0 Å². The zero-order valence-corrected chi connectivity index (χ0v) is 10.1. The summed E-state index contributed by atoms with van der Waals surface area (Å²) in [5.41, 5.74) is 0. The van der Waals surface area contributed by atoms with Crippen molar-refractivity contribution < 1.29 is 4.79 Å². The van der Waals surface area contributed by atoms with E-state index < -0.39 is 0 Å². The Morgan fingerprint density at radius 3 is 2.87 bits per heavy atom. The van der Waals surface area contributed by atoms with E-state index in [1.54, 1.807) is 0 Å². The third kappa shape index (κ3) is 4.20. The predicted octanol–water partition coefficient (Wildman–Crippen LogP) is 1.78. The van der Waals surface area contributed by atoms with Gasteiger partial charge in [0.2, 0.25) is 5.91 Å². The Balaban J connectivity index is 2.19. The number of hydrogen-bond acceptors (Lipinski definition) is 2. The van der Waals surface area contributed by atoms with Crippen LogP contribution in [0.2, 0.25) is 0 Å². The van der Waals surface area contributed by atoms with Crippen LogP contribution in [-0.2, 0) is 4.79 Å². The van der Waals surface area contributed by atoms with Crippen LogP contribution in [-0.4, -0.2) is 36.5 Å². The summed E-state index contributed by atoms with van der Waals surface area (Å²) in [6.45, 7) is 6.76. The van der Waals surface area contributed by atoms with Crippen molar-refractivity contribution in [3.05, 3.63) is 0 Å². The van der Waals surface area contributed by atoms with Gasteiger partial charge < -0.3 is 10.2 Å². The minimum atomic E-state index is 0.268. The van der Waals surface area contributed by atoms with Gasteiger partial charge in [0.25, 0.3) is 0 Å². The molecule has 0 aromatic rings. The third-order valence-electron chi connectivity index (χ3n) is 3.13. The zero-order chi connectivity index (χ0) is 11.1. The van der Waals surface area contributed by atoms with Crippen LogP contribution in [0.25, 0.3) is 0 Å². The Bertz CT molecular complexity index is 194. The van der Waals surface area contributed by atoms with Crippen LogP contribution < -0.4 is 5.32 Å². The first-order chi connectivity index (χ1) is 7.25. The van der Waals surface area contributed by atoms with E-state index in [9.17, 15) is 4.79 Å². The number of nitrogens with zero attached hydrogens (tertiary/aromatic N) is 1. The molecule has 1 amide bonds. The van der Waals surface area contributed by atoms with Crippen LogP contribution in [0.4, 0.5) is 0 Å². The van der Waals surface area contributed by atoms with Gasteiger partial charge in [-0.2, -0.15) is 0 Å². The second-order valence-corrected chi connectivity index (χ2v) is 4.46. The molecule has 0 aromatic heterocycles. The number of hydrogen-bond donors (Lipinski definition) is 1. The number of unbranched alkanes of at least 4 members (excludes halogenated alkanes) is 3. The molecule has 3 nitrogen and oxygen atoms in total. The van der Waals surface area contributed by atoms with Crippen molar-refractivity contribution in [1.29, 1.82) is 0 Å². The summed E-state index contributed by atoms with van der Waals surface area (Å²) in [6.07, 6.45) is 6.32. The molecular weight excluding hydrogens is 188 g/mol. The van der Waals surface area contributed by atoms with Crippen LogP contribution in [0.3, 0.4) is 0 Å². The van der Waals surface area contributed by atoms with E-state index in [1.807, 2.05) is 4.90 Å². The first-order valence-electron chi connectivity index (χ1n) is 6.26. The van der Waals surface area contributed by atoms with Gasteiger partial charge in [0.05, 0.1) is 6.54 Å². The summed E-state index contributed by atoms with van der Waals surface area (Å²) in [5, 5.41) is 3.10. The van der Waals surface area contributed by atoms with Crippen LogP contribution >= 0.6 is 0 Å². The molecule has 1 atom stereocenters. The molecule has 1 fully saturated rings. The fraction of sp³-hybridized carbons (Fsp3) is 0.917. The fourth-order valence-electron chi connectivity index (χ4n) is 2.11. The van der Waals surface area contributed by atoms with Crippen molar-refractivity contribution in [2.75, 3.05) is 19.6 Å². The van der Waals surface area contributed by atoms with Crippen molar-refractivity contribution in [2.45, 2.75) is 52.0 Å². The van der Waals surface area contributed by atoms with Crippen molar-refractivity contribution in [1.82, 2.24) is 10.2 Å². The van der Waals surface area contributed by atoms with Gasteiger partial charge in [-0.05, 0) is 13.3 Å². The van der Waals surface area contributed by atoms with Crippen molar-refractivity contribution in [3.8, 4) is 0 Å². The van der Waals surface area contributed by atoms with Gasteiger partial charge in [0, 0.05) is 19.1 Å². The first-order valence-corrected chi connectivity index (χ1v) is 6.26. The highest BCUT2D eigenvalue weighted by Gasteiger charge is 2.21. The summed E-state index contributed by atoms with van der Waals surface area (Å²) >= 11 is 0. The third-order valence-corrected chi connectivity index (χ3v) is 3.13. The lowest BCUT2D eigenvalue weighted by Crippen LogP contribution is -2.51. The highest BCUT2D eigenvalue weighted by molar-refractivity contribution is 5.79. The zero-order valence-electron chi connectivity index (χ0n) is 10.1. The van der Waals surface area contributed by atoms with Gasteiger partial charge in [-0.25, -0.2) is 0 Å². The molecule has 1 saturated heterocycles. The monoisotopic (exact) mass is 212 g/mol. The molecule has 0 aromatic carbocycles. The van der Waals surface area contributed by atoms with Crippen molar-refractivity contribution >= 4 is 5.91 Å². The van der Waals surface area contributed by atoms with Gasteiger partial charge in [-0.3, -0.25) is 4.79 Å². The molecule has 15 heavy (non-hydrogen) atoms. The van der Waals surface area contributed by atoms with E-state index in [1.165, 1.54) is 25.7 Å². The average molecular weight is 212 g/mol. The molecule has 0 spiro atoms. The maximum atomic E-state index is 11.6. The maximum Gasteiger partial charge on any atom is 0.236 e. The molecular formula is C12H24N2O. The summed E-state index contributed by atoms with van der Waals surface area (Å²) in [6, 6.07) is 0.427. The van der Waals surface area contributed by atoms with E-state index in [-0.39, 0.29) is 5.91 Å². The molecule has 0 aliphatic carbocycles. The minimum absolute atomic E-state index is 0.268. The first kappa shape index (κ1) is 12.5. The summed E-state index contributed by atoms with van der Waals surface area (Å²) in [4.78, 5) is 13.6. The molecule has 1 heterocycles. The Hall–Kier alpha value is -0.570. The topological polar surface area (TPSA) is 32.3 Å². The summed E-state index contributed by atoms with van der Waals surface area (Å²) < 4.78 is 0. The number of rotatable bonds is 6. The lowest BCUT2D eigenvalue weighted by molar-refractivity contribution is -0.134. The smallest absolute Gasteiger partial charge is 0.236 e. The predicted molar refractivity (Wildman–Crippen MR) is 62.8 cm³/mol. The van der Waals surface area contributed by atoms with Gasteiger partial charge in [0.1, 0.15) is 0 Å². The van der Waals surface area contributed by atoms with Gasteiger partial charge in [0.15, 0.2) is 0 Å². The second-order valence-electron chi connectivity index (χ2n) is 4.46. The molecule has 1 unspecified atom stereocenters. The molecule has 1 rings (SSSR count). The fourth-order valence-corrected chi connectivity index (χ4v) is 2.11. The molecule has 88 valence electrons. The normalized spacial score (nSPS) is 19.3. The van der Waals surface area contributed by atoms with Crippen molar-refractivity contribution in [2.24, 2.45) is 0 Å². The quantitative estimate of drug-likeness (QED) is 0.681. The molecule has 0 saturated carbocycles. The average Bonchev–Trinajstić information content (AvgIpc) is 2.25. The van der Waals surface area contributed by atoms with Crippen LogP contribution in [0, 0.1) is 0 Å². The van der Waals surface area contributed by atoms with E-state index in [0.29, 0.717) is 12.6 Å². The van der Waals surface area contributed by atoms with E-state index in [2.05, 4.69) is 19.2 Å². The largest absolute Gasteiger partial charge is 0.338 e. The molecule has 1 aliphatic rings. The minimum Gasteiger partial charge on any atom is -0.338 e. The number of amides is 1. The Morgan fingerprint density at radius 1 is 1.40 bits per heavy atom. The molecule has 3 heteroatoms. The lowest BCUT2D eigenvalue weighted by atomic mass is 10.1. The summed E-state index contributed by atoms with van der Waals surface area (Å²) in [5.74, 6) is 0.268. The Morgan fingerprint density at radius 2 is 2.20 bits per heavy atom. The van der Waals surface area contributed by atoms with E-state index in [4.69, 9.17) is 0 Å². The lowest BCUT2D eigenvalue weighted by Gasteiger charge is -2.33. The maximum absolute atomic E-state index is 11.6. The number of piperazine rings is 1. The van der Waals surface area contributed by atoms with Crippen LogP contribution in [0.1, 0.15) is 46.0 Å². The Labute approximate surface area is 93.2 Å². The standard InChI is InChI=1S/C12H24N2O/c1-3-4-5-6-7-11(2)14-9-8-13-10-12(14)15/h11,13H,3-10H2,1-2H3. The number of carbonyl (C=O) groups excluding carboxylic acids is 1. The Kier molecular flexibility index (Phi) is 5.69. The van der Waals surface area contributed by atoms with Gasteiger partial charge in [-0.15, -0.1) is 0 Å². The SMILES string of the molecule is CCCCCCC(C)N1CCNCC1=O. The van der Waals surface area contributed by atoms with E-state index >= 15 is 0 Å². The van der Waals surface area contributed by atoms with Crippen molar-refractivity contribution in [3.63, 3.8) is 0 Å². The number of nitrogens with one attached hydrogen (secondary N) is 1. The number of carbonyl (C=O) groups is 1. The molecule has 1 N–H and O–H groups in total.